The summed E-state index contributed by atoms with van der Waals surface area (Å²) in [4.78, 5) is 4.33. The molecule has 0 aliphatic carbocycles. The van der Waals surface area contributed by atoms with Gasteiger partial charge in [0.1, 0.15) is 5.82 Å². The van der Waals surface area contributed by atoms with Gasteiger partial charge in [-0.1, -0.05) is 29.4 Å². The molecule has 3 aromatic rings. The molecule has 0 fully saturated rings. The predicted molar refractivity (Wildman–Crippen MR) is 78.1 cm³/mol. The second-order valence-electron chi connectivity index (χ2n) is 4.86. The van der Waals surface area contributed by atoms with Gasteiger partial charge in [-0.05, 0) is 36.2 Å². The summed E-state index contributed by atoms with van der Waals surface area (Å²) in [5.41, 5.74) is 9.11. The summed E-state index contributed by atoms with van der Waals surface area (Å²) >= 11 is 0. The van der Waals surface area contributed by atoms with E-state index in [2.05, 4.69) is 10.1 Å². The molecular weight excluding hydrogens is 269 g/mol. The van der Waals surface area contributed by atoms with Gasteiger partial charge in [0.25, 0.3) is 5.89 Å². The molecule has 0 bridgehead atoms. The molecule has 21 heavy (non-hydrogen) atoms. The highest BCUT2D eigenvalue weighted by Crippen LogP contribution is 2.27. The summed E-state index contributed by atoms with van der Waals surface area (Å²) in [6.07, 6.45) is 0.410. The van der Waals surface area contributed by atoms with Crippen molar-refractivity contribution >= 4 is 5.69 Å². The van der Waals surface area contributed by atoms with Crippen LogP contribution in [-0.4, -0.2) is 10.1 Å². The molecule has 3 rings (SSSR count). The van der Waals surface area contributed by atoms with Gasteiger partial charge in [0, 0.05) is 12.1 Å². The van der Waals surface area contributed by atoms with E-state index in [1.54, 1.807) is 6.07 Å². The lowest BCUT2D eigenvalue weighted by Gasteiger charge is -2.03. The monoisotopic (exact) mass is 283 g/mol. The molecule has 0 aliphatic rings. The number of hydrogen-bond donors (Lipinski definition) is 1. The molecule has 0 atom stereocenters. The molecule has 2 N–H and O–H groups in total. The summed E-state index contributed by atoms with van der Waals surface area (Å²) in [6, 6.07) is 12.0. The zero-order chi connectivity index (χ0) is 14.8. The van der Waals surface area contributed by atoms with E-state index in [1.807, 2.05) is 31.2 Å². The van der Waals surface area contributed by atoms with Crippen molar-refractivity contribution in [2.45, 2.75) is 13.3 Å². The van der Waals surface area contributed by atoms with E-state index >= 15 is 0 Å². The second-order valence-corrected chi connectivity index (χ2v) is 4.86. The molecule has 4 nitrogen and oxygen atoms in total. The topological polar surface area (TPSA) is 64.9 Å². The van der Waals surface area contributed by atoms with Gasteiger partial charge in [-0.15, -0.1) is 0 Å². The lowest BCUT2D eigenvalue weighted by molar-refractivity contribution is 0.424. The van der Waals surface area contributed by atoms with Crippen molar-refractivity contribution in [2.24, 2.45) is 0 Å². The molecule has 0 unspecified atom stereocenters. The van der Waals surface area contributed by atoms with Gasteiger partial charge in [-0.3, -0.25) is 0 Å². The number of nitrogens with zero attached hydrogens (tertiary/aromatic N) is 2. The zero-order valence-electron chi connectivity index (χ0n) is 11.5. The van der Waals surface area contributed by atoms with E-state index in [9.17, 15) is 4.39 Å². The Balaban J connectivity index is 1.88. The summed E-state index contributed by atoms with van der Waals surface area (Å²) in [5, 5.41) is 3.92. The largest absolute Gasteiger partial charge is 0.398 e. The highest BCUT2D eigenvalue weighted by Gasteiger charge is 2.13. The van der Waals surface area contributed by atoms with Crippen LogP contribution in [0.25, 0.3) is 11.5 Å². The average Bonchev–Trinajstić information content (AvgIpc) is 2.90. The second kappa shape index (κ2) is 5.36. The first-order valence-corrected chi connectivity index (χ1v) is 6.56. The van der Waals surface area contributed by atoms with Gasteiger partial charge in [0.05, 0.1) is 5.56 Å². The van der Waals surface area contributed by atoms with Crippen LogP contribution in [0.4, 0.5) is 10.1 Å². The SMILES string of the molecule is Cc1cccc(-c2nc(Cc3cccc(F)c3)no2)c1N. The van der Waals surface area contributed by atoms with Crippen LogP contribution in [-0.2, 0) is 6.42 Å². The molecule has 2 aromatic carbocycles. The van der Waals surface area contributed by atoms with E-state index in [0.29, 0.717) is 29.4 Å². The van der Waals surface area contributed by atoms with Gasteiger partial charge < -0.3 is 10.3 Å². The Kier molecular flexibility index (Phi) is 3.39. The maximum absolute atomic E-state index is 13.2. The van der Waals surface area contributed by atoms with Crippen molar-refractivity contribution in [3.05, 3.63) is 65.2 Å². The van der Waals surface area contributed by atoms with Crippen LogP contribution >= 0.6 is 0 Å². The van der Waals surface area contributed by atoms with Crippen molar-refractivity contribution in [1.82, 2.24) is 10.1 Å². The van der Waals surface area contributed by atoms with E-state index in [-0.39, 0.29) is 5.82 Å². The molecule has 1 aromatic heterocycles. The van der Waals surface area contributed by atoms with Crippen molar-refractivity contribution in [1.29, 1.82) is 0 Å². The van der Waals surface area contributed by atoms with Gasteiger partial charge in [0.2, 0.25) is 0 Å². The van der Waals surface area contributed by atoms with Gasteiger partial charge >= 0.3 is 0 Å². The lowest BCUT2D eigenvalue weighted by Crippen LogP contribution is -1.94. The van der Waals surface area contributed by atoms with Crippen molar-refractivity contribution in [2.75, 3.05) is 5.73 Å². The van der Waals surface area contributed by atoms with Gasteiger partial charge in [-0.2, -0.15) is 4.98 Å². The van der Waals surface area contributed by atoms with Crippen LogP contribution in [0.2, 0.25) is 0 Å². The number of halogens is 1. The summed E-state index contributed by atoms with van der Waals surface area (Å²) in [6.45, 7) is 1.92. The number of anilines is 1. The molecule has 0 saturated carbocycles. The first-order chi connectivity index (χ1) is 10.1. The van der Waals surface area contributed by atoms with E-state index < -0.39 is 0 Å². The minimum absolute atomic E-state index is 0.279. The van der Waals surface area contributed by atoms with Crippen molar-refractivity contribution in [3.8, 4) is 11.5 Å². The Bertz CT molecular complexity index is 783. The molecule has 0 spiro atoms. The lowest BCUT2D eigenvalue weighted by atomic mass is 10.1. The fourth-order valence-electron chi connectivity index (χ4n) is 2.13. The Morgan fingerprint density at radius 3 is 2.81 bits per heavy atom. The minimum Gasteiger partial charge on any atom is -0.398 e. The van der Waals surface area contributed by atoms with E-state index in [1.165, 1.54) is 12.1 Å². The molecule has 0 saturated heterocycles. The van der Waals surface area contributed by atoms with Gasteiger partial charge in [-0.25, -0.2) is 4.39 Å². The Morgan fingerprint density at radius 2 is 2.00 bits per heavy atom. The molecule has 5 heteroatoms. The molecule has 1 heterocycles. The van der Waals surface area contributed by atoms with Crippen LogP contribution in [0, 0.1) is 12.7 Å². The Labute approximate surface area is 121 Å². The molecule has 0 radical (unpaired) electrons. The minimum atomic E-state index is -0.279. The first-order valence-electron chi connectivity index (χ1n) is 6.56. The average molecular weight is 283 g/mol. The molecule has 0 amide bonds. The fourth-order valence-corrected chi connectivity index (χ4v) is 2.13. The molecule has 0 aliphatic heterocycles. The number of aromatic nitrogens is 2. The number of benzene rings is 2. The maximum atomic E-state index is 13.2. The van der Waals surface area contributed by atoms with Crippen molar-refractivity contribution in [3.63, 3.8) is 0 Å². The zero-order valence-corrected chi connectivity index (χ0v) is 11.5. The maximum Gasteiger partial charge on any atom is 0.260 e. The van der Waals surface area contributed by atoms with Crippen LogP contribution in [0.5, 0.6) is 0 Å². The standard InChI is InChI=1S/C16H14FN3O/c1-10-4-2-7-13(15(10)18)16-19-14(20-21-16)9-11-5-3-6-12(17)8-11/h2-8H,9,18H2,1H3. The number of para-hydroxylation sites is 1. The smallest absolute Gasteiger partial charge is 0.260 e. The number of aryl methyl sites for hydroxylation is 1. The van der Waals surface area contributed by atoms with E-state index in [0.717, 1.165) is 11.1 Å². The van der Waals surface area contributed by atoms with Crippen LogP contribution < -0.4 is 5.73 Å². The molecule has 106 valence electrons. The number of rotatable bonds is 3. The molecular formula is C16H14FN3O. The Morgan fingerprint density at radius 1 is 1.19 bits per heavy atom. The predicted octanol–water partition coefficient (Wildman–Crippen LogP) is 3.36. The normalized spacial score (nSPS) is 10.8. The number of nitrogen functional groups attached to an aromatic ring is 1. The van der Waals surface area contributed by atoms with Crippen LogP contribution in [0.15, 0.2) is 47.0 Å². The van der Waals surface area contributed by atoms with Crippen molar-refractivity contribution < 1.29 is 8.91 Å². The number of nitrogens with two attached hydrogens (primary N) is 1. The third-order valence-corrected chi connectivity index (χ3v) is 3.27. The van der Waals surface area contributed by atoms with E-state index in [4.69, 9.17) is 10.3 Å². The third-order valence-electron chi connectivity index (χ3n) is 3.27. The number of hydrogen-bond acceptors (Lipinski definition) is 4. The van der Waals surface area contributed by atoms with Crippen LogP contribution in [0.3, 0.4) is 0 Å². The summed E-state index contributed by atoms with van der Waals surface area (Å²) in [5.74, 6) is 0.596. The quantitative estimate of drug-likeness (QED) is 0.748. The Hall–Kier alpha value is -2.69. The highest BCUT2D eigenvalue weighted by atomic mass is 19.1. The third kappa shape index (κ3) is 2.76. The first kappa shape index (κ1) is 13.3. The highest BCUT2D eigenvalue weighted by molar-refractivity contribution is 5.73. The fraction of sp³-hybridized carbons (Fsp3) is 0.125. The summed E-state index contributed by atoms with van der Waals surface area (Å²) < 4.78 is 18.4. The van der Waals surface area contributed by atoms with Crippen LogP contribution in [0.1, 0.15) is 17.0 Å². The van der Waals surface area contributed by atoms with Gasteiger partial charge in [0.15, 0.2) is 5.82 Å². The summed E-state index contributed by atoms with van der Waals surface area (Å²) in [7, 11) is 0.